The highest BCUT2D eigenvalue weighted by Crippen LogP contribution is 1.97. The zero-order chi connectivity index (χ0) is 26.7. The second-order valence-corrected chi connectivity index (χ2v) is 6.34. The van der Waals surface area contributed by atoms with Gasteiger partial charge in [-0.3, -0.25) is 0 Å². The van der Waals surface area contributed by atoms with E-state index in [1.54, 1.807) is 0 Å². The molecule has 0 aliphatic heterocycles. The largest absolute Gasteiger partial charge is 0.447 e. The fraction of sp³-hybridized carbons (Fsp3) is 0.609. The first-order chi connectivity index (χ1) is 17.5. The molecule has 0 saturated carbocycles. The van der Waals surface area contributed by atoms with Crippen LogP contribution in [0.4, 0.5) is 14.4 Å². The lowest BCUT2D eigenvalue weighted by atomic mass is 10.4. The molecule has 0 bridgehead atoms. The summed E-state index contributed by atoms with van der Waals surface area (Å²) in [5.74, 6) is 6.76. The van der Waals surface area contributed by atoms with Crippen LogP contribution in [-0.4, -0.2) is 110 Å². The van der Waals surface area contributed by atoms with E-state index in [2.05, 4.69) is 33.7 Å². The smallest absolute Gasteiger partial charge is 0.407 e. The first kappa shape index (κ1) is 32.3. The second kappa shape index (κ2) is 24.5. The van der Waals surface area contributed by atoms with Crippen LogP contribution < -0.4 is 16.0 Å². The lowest BCUT2D eigenvalue weighted by Gasteiger charge is -2.18. The topological polar surface area (TPSA) is 152 Å². The molecule has 0 unspecified atom stereocenters. The number of amides is 3. The zero-order valence-corrected chi connectivity index (χ0v) is 20.1. The van der Waals surface area contributed by atoms with Gasteiger partial charge in [-0.15, -0.1) is 19.3 Å². The van der Waals surface area contributed by atoms with Crippen LogP contribution in [0.3, 0.4) is 0 Å². The van der Waals surface area contributed by atoms with E-state index in [0.29, 0.717) is 0 Å². The predicted octanol–water partition coefficient (Wildman–Crippen LogP) is -0.500. The summed E-state index contributed by atoms with van der Waals surface area (Å²) in [5.41, 5.74) is 0. The van der Waals surface area contributed by atoms with Crippen molar-refractivity contribution in [2.24, 2.45) is 0 Å². The van der Waals surface area contributed by atoms with Gasteiger partial charge in [-0.2, -0.15) is 0 Å². The minimum Gasteiger partial charge on any atom is -0.447 e. The number of hydrogen-bond donors (Lipinski definition) is 3. The number of rotatable bonds is 20. The third-order valence-corrected chi connectivity index (χ3v) is 3.58. The van der Waals surface area contributed by atoms with E-state index in [1.165, 1.54) is 0 Å². The maximum atomic E-state index is 11.3. The van der Waals surface area contributed by atoms with Gasteiger partial charge in [-0.25, -0.2) is 14.4 Å². The molecule has 0 rings (SSSR count). The number of hydrogen-bond acceptors (Lipinski definition) is 10. The second-order valence-electron chi connectivity index (χ2n) is 6.34. The van der Waals surface area contributed by atoms with Crippen molar-refractivity contribution in [2.75, 3.05) is 85.7 Å². The molecule has 0 spiro atoms. The van der Waals surface area contributed by atoms with Gasteiger partial charge in [0, 0.05) is 0 Å². The van der Waals surface area contributed by atoms with Gasteiger partial charge in [0.2, 0.25) is 0 Å². The number of alkyl carbamates (subject to hydrolysis) is 3. The molecular weight excluding hydrogens is 478 g/mol. The van der Waals surface area contributed by atoms with Crippen LogP contribution in [-0.2, 0) is 33.2 Å². The Hall–Kier alpha value is -3.67. The summed E-state index contributed by atoms with van der Waals surface area (Å²) in [6, 6.07) is 0. The molecule has 0 radical (unpaired) electrons. The number of terminal acetylenes is 3. The monoisotopic (exact) mass is 511 g/mol. The van der Waals surface area contributed by atoms with E-state index in [-0.39, 0.29) is 85.7 Å². The Balaban J connectivity index is 4.14. The third-order valence-electron chi connectivity index (χ3n) is 3.58. The molecule has 0 aliphatic carbocycles. The Bertz CT molecular complexity index is 702. The van der Waals surface area contributed by atoms with Gasteiger partial charge in [0.05, 0.1) is 65.9 Å². The van der Waals surface area contributed by atoms with Crippen LogP contribution in [0, 0.1) is 37.0 Å². The first-order valence-corrected chi connectivity index (χ1v) is 10.9. The maximum absolute atomic E-state index is 11.3. The summed E-state index contributed by atoms with van der Waals surface area (Å²) < 4.78 is 36.6. The van der Waals surface area contributed by atoms with Crippen molar-refractivity contribution in [3.8, 4) is 37.0 Å². The summed E-state index contributed by atoms with van der Waals surface area (Å²) in [7, 11) is 0. The molecular formula is C23H33N3O10. The van der Waals surface area contributed by atoms with Gasteiger partial charge in [0.1, 0.15) is 25.9 Å². The number of ether oxygens (including phenoxy) is 7. The van der Waals surface area contributed by atoms with E-state index in [0.717, 1.165) is 0 Å². The highest BCUT2D eigenvalue weighted by Gasteiger charge is 2.11. The Labute approximate surface area is 211 Å². The molecule has 13 nitrogen and oxygen atoms in total. The van der Waals surface area contributed by atoms with E-state index in [9.17, 15) is 14.4 Å². The van der Waals surface area contributed by atoms with E-state index in [1.807, 2.05) is 0 Å². The number of carbonyl (C=O) groups excluding carboxylic acids is 3. The molecule has 0 heterocycles. The fourth-order valence-corrected chi connectivity index (χ4v) is 2.05. The van der Waals surface area contributed by atoms with Crippen molar-refractivity contribution in [1.29, 1.82) is 0 Å². The minimum absolute atomic E-state index is 0.0165. The number of carbonyl (C=O) groups is 3. The molecule has 0 atom stereocenters. The van der Waals surface area contributed by atoms with Crippen molar-refractivity contribution in [1.82, 2.24) is 16.0 Å². The van der Waals surface area contributed by atoms with Crippen LogP contribution in [0.1, 0.15) is 0 Å². The molecule has 200 valence electrons. The van der Waals surface area contributed by atoms with E-state index in [4.69, 9.17) is 52.4 Å². The number of nitrogens with one attached hydrogen (secondary N) is 3. The SMILES string of the molecule is C#CCNC(=O)OCCOCCOC(COCCOC(=O)NCC#C)COCCOC(=O)NCC#C. The average Bonchev–Trinajstić information content (AvgIpc) is 2.87. The Morgan fingerprint density at radius 1 is 0.556 bits per heavy atom. The van der Waals surface area contributed by atoms with Crippen LogP contribution >= 0.6 is 0 Å². The van der Waals surface area contributed by atoms with Crippen molar-refractivity contribution in [3.63, 3.8) is 0 Å². The highest BCUT2D eigenvalue weighted by molar-refractivity contribution is 5.68. The van der Waals surface area contributed by atoms with Gasteiger partial charge in [0.15, 0.2) is 0 Å². The maximum Gasteiger partial charge on any atom is 0.407 e. The lowest BCUT2D eigenvalue weighted by molar-refractivity contribution is -0.0803. The summed E-state index contributed by atoms with van der Waals surface area (Å²) in [6.07, 6.45) is 12.7. The molecule has 0 aromatic carbocycles. The van der Waals surface area contributed by atoms with Crippen molar-refractivity contribution < 1.29 is 47.5 Å². The molecule has 3 N–H and O–H groups in total. The first-order valence-electron chi connectivity index (χ1n) is 10.9. The normalized spacial score (nSPS) is 9.83. The Kier molecular flexibility index (Phi) is 22.0. The Morgan fingerprint density at radius 2 is 0.917 bits per heavy atom. The predicted molar refractivity (Wildman–Crippen MR) is 127 cm³/mol. The molecule has 0 fully saturated rings. The van der Waals surface area contributed by atoms with Crippen LogP contribution in [0.25, 0.3) is 0 Å². The molecule has 0 aromatic rings. The van der Waals surface area contributed by atoms with E-state index < -0.39 is 24.4 Å². The molecule has 0 saturated heterocycles. The molecule has 13 heteroatoms. The van der Waals surface area contributed by atoms with Crippen LogP contribution in [0.5, 0.6) is 0 Å². The van der Waals surface area contributed by atoms with Gasteiger partial charge in [0.25, 0.3) is 0 Å². The van der Waals surface area contributed by atoms with E-state index >= 15 is 0 Å². The zero-order valence-electron chi connectivity index (χ0n) is 20.1. The third kappa shape index (κ3) is 22.1. The summed E-state index contributed by atoms with van der Waals surface area (Å²) in [4.78, 5) is 33.8. The highest BCUT2D eigenvalue weighted by atomic mass is 16.6. The summed E-state index contributed by atoms with van der Waals surface area (Å²) in [5, 5.41) is 7.06. The summed E-state index contributed by atoms with van der Waals surface area (Å²) in [6.45, 7) is 1.41. The van der Waals surface area contributed by atoms with Gasteiger partial charge in [-0.1, -0.05) is 17.8 Å². The van der Waals surface area contributed by atoms with Gasteiger partial charge in [-0.05, 0) is 0 Å². The van der Waals surface area contributed by atoms with Crippen LogP contribution in [0.15, 0.2) is 0 Å². The molecule has 0 aromatic heterocycles. The van der Waals surface area contributed by atoms with Gasteiger partial charge < -0.3 is 49.1 Å². The van der Waals surface area contributed by atoms with Crippen molar-refractivity contribution >= 4 is 18.3 Å². The lowest BCUT2D eigenvalue weighted by Crippen LogP contribution is -2.30. The average molecular weight is 512 g/mol. The fourth-order valence-electron chi connectivity index (χ4n) is 2.05. The van der Waals surface area contributed by atoms with Crippen molar-refractivity contribution in [2.45, 2.75) is 6.10 Å². The molecule has 3 amide bonds. The summed E-state index contributed by atoms with van der Waals surface area (Å²) >= 11 is 0. The van der Waals surface area contributed by atoms with Crippen LogP contribution in [0.2, 0.25) is 0 Å². The van der Waals surface area contributed by atoms with Crippen molar-refractivity contribution in [3.05, 3.63) is 0 Å². The molecule has 0 aliphatic rings. The Morgan fingerprint density at radius 3 is 1.31 bits per heavy atom. The minimum atomic E-state index is -0.645. The standard InChI is InChI=1S/C23H33N3O10/c1-4-7-24-21(27)34-15-11-30-10-14-33-20(18-31-12-16-35-22(28)25-8-5-2)19-32-13-17-36-23(29)26-9-6-3/h1-3,20H,7-19H2,(H,24,27)(H,25,28)(H,26,29). The molecule has 36 heavy (non-hydrogen) atoms. The van der Waals surface area contributed by atoms with Gasteiger partial charge >= 0.3 is 18.3 Å². The quantitative estimate of drug-likeness (QED) is 0.111.